The molecule has 0 aliphatic heterocycles. The zero-order valence-electron chi connectivity index (χ0n) is 18.6. The molecule has 3 aromatic carbocycles. The number of hydrogen-bond acceptors (Lipinski definition) is 5. The summed E-state index contributed by atoms with van der Waals surface area (Å²) in [7, 11) is -2.74. The van der Waals surface area contributed by atoms with Crippen LogP contribution >= 0.6 is 0 Å². The van der Waals surface area contributed by atoms with Gasteiger partial charge in [-0.25, -0.2) is 8.42 Å². The maximum Gasteiger partial charge on any atom is 0.282 e. The van der Waals surface area contributed by atoms with Crippen LogP contribution in [0, 0.1) is 18.3 Å². The lowest BCUT2D eigenvalue weighted by Crippen LogP contribution is -2.37. The van der Waals surface area contributed by atoms with E-state index in [1.54, 1.807) is 60.7 Å². The number of carbonyl (C=O) groups is 1. The van der Waals surface area contributed by atoms with Gasteiger partial charge in [-0.05, 0) is 66.9 Å². The highest BCUT2D eigenvalue weighted by molar-refractivity contribution is 7.93. The Morgan fingerprint density at radius 2 is 1.61 bits per heavy atom. The van der Waals surface area contributed by atoms with Crippen molar-refractivity contribution in [2.75, 3.05) is 11.4 Å². The lowest BCUT2D eigenvalue weighted by atomic mass is 10.1. The minimum Gasteiger partial charge on any atom is -0.497 e. The van der Waals surface area contributed by atoms with Gasteiger partial charge in [-0.3, -0.25) is 4.79 Å². The van der Waals surface area contributed by atoms with Gasteiger partial charge in [0.1, 0.15) is 17.4 Å². The minimum absolute atomic E-state index is 0.0391. The number of aryl methyl sites for hydroxylation is 2. The molecule has 0 spiro atoms. The molecule has 33 heavy (non-hydrogen) atoms. The van der Waals surface area contributed by atoms with Crippen LogP contribution in [0.1, 0.15) is 23.6 Å². The van der Waals surface area contributed by atoms with Crippen molar-refractivity contribution < 1.29 is 17.9 Å². The maximum absolute atomic E-state index is 13.5. The van der Waals surface area contributed by atoms with Gasteiger partial charge in [0.25, 0.3) is 15.9 Å². The first-order valence-electron chi connectivity index (χ1n) is 10.3. The molecule has 3 rings (SSSR count). The molecule has 3 aromatic rings. The van der Waals surface area contributed by atoms with Crippen molar-refractivity contribution in [2.45, 2.75) is 25.2 Å². The van der Waals surface area contributed by atoms with Gasteiger partial charge in [0.2, 0.25) is 0 Å². The monoisotopic (exact) mass is 460 g/mol. The van der Waals surface area contributed by atoms with Crippen LogP contribution in [0.5, 0.6) is 5.75 Å². The van der Waals surface area contributed by atoms with Crippen molar-refractivity contribution in [1.82, 2.24) is 0 Å². The molecule has 0 aliphatic carbocycles. The molecular formula is C26H24N2O4S. The molecule has 168 valence electrons. The van der Waals surface area contributed by atoms with E-state index in [1.165, 1.54) is 25.3 Å². The Morgan fingerprint density at radius 1 is 1.00 bits per heavy atom. The van der Waals surface area contributed by atoms with Crippen molar-refractivity contribution in [3.8, 4) is 11.8 Å². The van der Waals surface area contributed by atoms with Crippen LogP contribution in [-0.2, 0) is 21.2 Å². The molecule has 0 bridgehead atoms. The molecule has 0 atom stereocenters. The van der Waals surface area contributed by atoms with Crippen LogP contribution in [-0.4, -0.2) is 21.4 Å². The largest absolute Gasteiger partial charge is 0.497 e. The molecule has 0 saturated carbocycles. The van der Waals surface area contributed by atoms with Crippen molar-refractivity contribution in [3.05, 3.63) is 95.1 Å². The van der Waals surface area contributed by atoms with Gasteiger partial charge >= 0.3 is 0 Å². The number of nitriles is 1. The van der Waals surface area contributed by atoms with E-state index in [-0.39, 0.29) is 16.2 Å². The lowest BCUT2D eigenvalue weighted by Gasteiger charge is -2.23. The predicted molar refractivity (Wildman–Crippen MR) is 128 cm³/mol. The third kappa shape index (κ3) is 5.30. The maximum atomic E-state index is 13.5. The molecule has 0 radical (unpaired) electrons. The summed E-state index contributed by atoms with van der Waals surface area (Å²) in [6.07, 6.45) is 2.12. The fourth-order valence-electron chi connectivity index (χ4n) is 3.17. The first kappa shape index (κ1) is 23.8. The number of nitrogens with zero attached hydrogens (tertiary/aromatic N) is 2. The number of benzene rings is 3. The minimum atomic E-state index is -4.28. The zero-order valence-corrected chi connectivity index (χ0v) is 19.5. The van der Waals surface area contributed by atoms with Gasteiger partial charge in [0.15, 0.2) is 0 Å². The summed E-state index contributed by atoms with van der Waals surface area (Å²) in [5.41, 5.74) is 2.29. The highest BCUT2D eigenvalue weighted by Crippen LogP contribution is 2.27. The molecule has 1 amide bonds. The second-order valence-electron chi connectivity index (χ2n) is 7.35. The summed E-state index contributed by atoms with van der Waals surface area (Å²) in [5, 5.41) is 9.72. The van der Waals surface area contributed by atoms with Gasteiger partial charge in [0, 0.05) is 0 Å². The van der Waals surface area contributed by atoms with Crippen LogP contribution in [0.15, 0.2) is 83.3 Å². The summed E-state index contributed by atoms with van der Waals surface area (Å²) >= 11 is 0. The zero-order chi connectivity index (χ0) is 24.0. The van der Waals surface area contributed by atoms with E-state index < -0.39 is 15.9 Å². The second kappa shape index (κ2) is 10.2. The number of anilines is 1. The highest BCUT2D eigenvalue weighted by Gasteiger charge is 2.33. The van der Waals surface area contributed by atoms with Crippen LogP contribution in [0.2, 0.25) is 0 Å². The van der Waals surface area contributed by atoms with Crippen molar-refractivity contribution in [2.24, 2.45) is 0 Å². The van der Waals surface area contributed by atoms with E-state index >= 15 is 0 Å². The molecule has 6 nitrogen and oxygen atoms in total. The highest BCUT2D eigenvalue weighted by atomic mass is 32.2. The Labute approximate surface area is 194 Å². The van der Waals surface area contributed by atoms with Crippen molar-refractivity contribution in [3.63, 3.8) is 0 Å². The number of rotatable bonds is 7. The van der Waals surface area contributed by atoms with Gasteiger partial charge in [-0.2, -0.15) is 9.57 Å². The number of ether oxygens (including phenoxy) is 1. The standard InChI is InChI=1S/C26H24N2O4S/c1-4-20-7-11-23(12-8-20)28(33(30,31)25-15-5-19(2)6-16-25)26(29)22(18-27)17-21-9-13-24(32-3)14-10-21/h5-17H,4H2,1-3H3/b22-17+. The summed E-state index contributed by atoms with van der Waals surface area (Å²) in [5.74, 6) is -0.310. The fraction of sp³-hybridized carbons (Fsp3) is 0.154. The Hall–Kier alpha value is -3.89. The van der Waals surface area contributed by atoms with E-state index in [1.807, 2.05) is 19.9 Å². The number of carbonyl (C=O) groups excluding carboxylic acids is 1. The predicted octanol–water partition coefficient (Wildman–Crippen LogP) is 4.90. The van der Waals surface area contributed by atoms with E-state index in [4.69, 9.17) is 4.74 Å². The second-order valence-corrected chi connectivity index (χ2v) is 9.14. The van der Waals surface area contributed by atoms with E-state index in [2.05, 4.69) is 0 Å². The smallest absolute Gasteiger partial charge is 0.282 e. The molecule has 0 aliphatic rings. The SMILES string of the molecule is CCc1ccc(N(C(=O)/C(C#N)=C/c2ccc(OC)cc2)S(=O)(=O)c2ccc(C)cc2)cc1. The van der Waals surface area contributed by atoms with Gasteiger partial charge < -0.3 is 4.74 Å². The average molecular weight is 461 g/mol. The van der Waals surface area contributed by atoms with Crippen LogP contribution in [0.25, 0.3) is 6.08 Å². The van der Waals surface area contributed by atoms with Gasteiger partial charge in [0.05, 0.1) is 17.7 Å². The number of methoxy groups -OCH3 is 1. The first-order valence-corrected chi connectivity index (χ1v) is 11.7. The van der Waals surface area contributed by atoms with Crippen molar-refractivity contribution in [1.29, 1.82) is 5.26 Å². The average Bonchev–Trinajstić information content (AvgIpc) is 2.83. The lowest BCUT2D eigenvalue weighted by molar-refractivity contribution is -0.113. The number of sulfonamides is 1. The summed E-state index contributed by atoms with van der Waals surface area (Å²) in [6.45, 7) is 3.82. The van der Waals surface area contributed by atoms with E-state index in [0.29, 0.717) is 15.6 Å². The topological polar surface area (TPSA) is 87.5 Å². The molecule has 0 aromatic heterocycles. The Morgan fingerprint density at radius 3 is 2.12 bits per heavy atom. The van der Waals surface area contributed by atoms with Crippen molar-refractivity contribution >= 4 is 27.7 Å². The molecule has 7 heteroatoms. The Kier molecular flexibility index (Phi) is 7.31. The molecule has 0 heterocycles. The third-order valence-corrected chi connectivity index (χ3v) is 6.83. The number of amides is 1. The summed E-state index contributed by atoms with van der Waals surface area (Å²) in [4.78, 5) is 13.4. The van der Waals surface area contributed by atoms with E-state index in [0.717, 1.165) is 17.5 Å². The first-order chi connectivity index (χ1) is 15.8. The third-order valence-electron chi connectivity index (χ3n) is 5.10. The normalized spacial score (nSPS) is 11.5. The summed E-state index contributed by atoms with van der Waals surface area (Å²) < 4.78 is 32.9. The summed E-state index contributed by atoms with van der Waals surface area (Å²) in [6, 6.07) is 21.5. The molecule has 0 N–H and O–H groups in total. The van der Waals surface area contributed by atoms with Crippen LogP contribution < -0.4 is 9.04 Å². The molecule has 0 unspecified atom stereocenters. The molecule has 0 saturated heterocycles. The van der Waals surface area contributed by atoms with Crippen LogP contribution in [0.4, 0.5) is 5.69 Å². The Balaban J connectivity index is 2.12. The van der Waals surface area contributed by atoms with Gasteiger partial charge in [-0.15, -0.1) is 0 Å². The van der Waals surface area contributed by atoms with E-state index in [9.17, 15) is 18.5 Å². The Bertz CT molecular complexity index is 1300. The number of hydrogen-bond donors (Lipinski definition) is 0. The molecular weight excluding hydrogens is 436 g/mol. The molecule has 0 fully saturated rings. The quantitative estimate of drug-likeness (QED) is 0.370. The van der Waals surface area contributed by atoms with Gasteiger partial charge in [-0.1, -0.05) is 48.9 Å². The van der Waals surface area contributed by atoms with Crippen LogP contribution in [0.3, 0.4) is 0 Å². The fourth-order valence-corrected chi connectivity index (χ4v) is 4.57.